The number of nitrogens with one attached hydrogen (secondary N) is 1. The summed E-state index contributed by atoms with van der Waals surface area (Å²) in [5.74, 6) is 1.20. The van der Waals surface area contributed by atoms with Gasteiger partial charge in [0.2, 0.25) is 0 Å². The lowest BCUT2D eigenvalue weighted by Gasteiger charge is -2.37. The molecule has 0 amide bonds. The van der Waals surface area contributed by atoms with E-state index in [1.807, 2.05) is 47.1 Å². The fraction of sp³-hybridized carbons (Fsp3) is 0.300. The van der Waals surface area contributed by atoms with E-state index in [-0.39, 0.29) is 24.0 Å². The lowest BCUT2D eigenvalue weighted by Crippen LogP contribution is -2.52. The Bertz CT molecular complexity index is 1000. The number of aliphatic imine (C=N–C) groups is 1. The molecule has 0 atom stereocenters. The summed E-state index contributed by atoms with van der Waals surface area (Å²) < 4.78 is 3.03. The number of piperazine rings is 1. The van der Waals surface area contributed by atoms with Gasteiger partial charge in [0.1, 0.15) is 11.4 Å². The van der Waals surface area contributed by atoms with E-state index >= 15 is 0 Å². The zero-order valence-corrected chi connectivity index (χ0v) is 20.0. The number of pyridine rings is 1. The van der Waals surface area contributed by atoms with Crippen molar-refractivity contribution in [1.82, 2.24) is 19.6 Å². The number of guanidine groups is 1. The van der Waals surface area contributed by atoms with Crippen molar-refractivity contribution in [3.05, 3.63) is 59.0 Å². The standard InChI is InChI=1S/C20H23BrN6O.HI/c1-22-20(23-12-16-14-27-13-15(21)6-7-19(27)24-16)26-10-8-25(9-11-26)17-4-2-3-5-18(17)28;/h2-7,13-14,28H,8-12H2,1H3,(H,22,23);1H. The molecule has 1 aliphatic heterocycles. The molecule has 1 fully saturated rings. The highest BCUT2D eigenvalue weighted by atomic mass is 127. The lowest BCUT2D eigenvalue weighted by atomic mass is 10.2. The van der Waals surface area contributed by atoms with Crippen LogP contribution in [-0.4, -0.2) is 58.6 Å². The number of anilines is 1. The monoisotopic (exact) mass is 570 g/mol. The Morgan fingerprint density at radius 2 is 1.90 bits per heavy atom. The molecule has 7 nitrogen and oxygen atoms in total. The molecule has 0 saturated carbocycles. The minimum atomic E-state index is 0. The number of para-hydroxylation sites is 2. The molecule has 0 unspecified atom stereocenters. The van der Waals surface area contributed by atoms with Crippen LogP contribution in [-0.2, 0) is 6.54 Å². The van der Waals surface area contributed by atoms with Gasteiger partial charge >= 0.3 is 0 Å². The minimum absolute atomic E-state index is 0. The molecule has 1 saturated heterocycles. The highest BCUT2D eigenvalue weighted by molar-refractivity contribution is 14.0. The van der Waals surface area contributed by atoms with Gasteiger partial charge in [-0.3, -0.25) is 4.99 Å². The third kappa shape index (κ3) is 4.95. The van der Waals surface area contributed by atoms with Crippen LogP contribution in [0.1, 0.15) is 5.69 Å². The Balaban J connectivity index is 0.00000240. The van der Waals surface area contributed by atoms with Crippen molar-refractivity contribution >= 4 is 57.2 Å². The molecular weight excluding hydrogens is 547 g/mol. The number of nitrogens with zero attached hydrogens (tertiary/aromatic N) is 5. The number of phenols is 1. The minimum Gasteiger partial charge on any atom is -0.506 e. The van der Waals surface area contributed by atoms with Crippen LogP contribution >= 0.6 is 39.9 Å². The van der Waals surface area contributed by atoms with Gasteiger partial charge in [0.15, 0.2) is 5.96 Å². The van der Waals surface area contributed by atoms with Gasteiger partial charge < -0.3 is 24.6 Å². The molecule has 0 spiro atoms. The molecule has 154 valence electrons. The van der Waals surface area contributed by atoms with E-state index in [0.29, 0.717) is 12.3 Å². The van der Waals surface area contributed by atoms with E-state index in [1.165, 1.54) is 0 Å². The number of rotatable bonds is 3. The predicted molar refractivity (Wildman–Crippen MR) is 130 cm³/mol. The quantitative estimate of drug-likeness (QED) is 0.287. The molecular formula is C20H24BrIN6O. The highest BCUT2D eigenvalue weighted by Crippen LogP contribution is 2.27. The summed E-state index contributed by atoms with van der Waals surface area (Å²) in [6.45, 7) is 3.96. The Morgan fingerprint density at radius 1 is 1.14 bits per heavy atom. The van der Waals surface area contributed by atoms with Crippen LogP contribution in [0.4, 0.5) is 5.69 Å². The summed E-state index contributed by atoms with van der Waals surface area (Å²) in [4.78, 5) is 13.5. The molecule has 3 heterocycles. The molecule has 0 bridgehead atoms. The van der Waals surface area contributed by atoms with Crippen molar-refractivity contribution in [3.8, 4) is 5.75 Å². The maximum absolute atomic E-state index is 10.1. The van der Waals surface area contributed by atoms with Crippen molar-refractivity contribution in [2.24, 2.45) is 4.99 Å². The van der Waals surface area contributed by atoms with Crippen LogP contribution in [0.15, 0.2) is 58.3 Å². The molecule has 1 aromatic carbocycles. The molecule has 9 heteroatoms. The van der Waals surface area contributed by atoms with E-state index in [1.54, 1.807) is 13.1 Å². The van der Waals surface area contributed by atoms with Crippen LogP contribution in [0.5, 0.6) is 5.75 Å². The molecule has 29 heavy (non-hydrogen) atoms. The van der Waals surface area contributed by atoms with Crippen LogP contribution in [0.2, 0.25) is 0 Å². The summed E-state index contributed by atoms with van der Waals surface area (Å²) in [5, 5.41) is 13.5. The van der Waals surface area contributed by atoms with Crippen molar-refractivity contribution in [2.45, 2.75) is 6.54 Å². The Labute approximate surface area is 195 Å². The number of aromatic nitrogens is 2. The van der Waals surface area contributed by atoms with Crippen molar-refractivity contribution < 1.29 is 5.11 Å². The van der Waals surface area contributed by atoms with Gasteiger partial charge in [0, 0.05) is 50.1 Å². The summed E-state index contributed by atoms with van der Waals surface area (Å²) in [7, 11) is 1.80. The van der Waals surface area contributed by atoms with Gasteiger partial charge in [-0.15, -0.1) is 24.0 Å². The van der Waals surface area contributed by atoms with E-state index in [9.17, 15) is 5.11 Å². The molecule has 4 rings (SSSR count). The maximum atomic E-state index is 10.1. The average molecular weight is 571 g/mol. The molecule has 0 radical (unpaired) electrons. The lowest BCUT2D eigenvalue weighted by molar-refractivity contribution is 0.369. The van der Waals surface area contributed by atoms with Crippen LogP contribution < -0.4 is 10.2 Å². The van der Waals surface area contributed by atoms with E-state index in [4.69, 9.17) is 0 Å². The zero-order valence-electron chi connectivity index (χ0n) is 16.1. The highest BCUT2D eigenvalue weighted by Gasteiger charge is 2.21. The third-order valence-corrected chi connectivity index (χ3v) is 5.37. The van der Waals surface area contributed by atoms with Gasteiger partial charge in [-0.2, -0.15) is 0 Å². The first-order chi connectivity index (χ1) is 13.6. The van der Waals surface area contributed by atoms with Gasteiger partial charge in [-0.1, -0.05) is 12.1 Å². The number of hydrogen-bond acceptors (Lipinski definition) is 4. The van der Waals surface area contributed by atoms with Crippen LogP contribution in [0.25, 0.3) is 5.65 Å². The van der Waals surface area contributed by atoms with Crippen LogP contribution in [0.3, 0.4) is 0 Å². The van der Waals surface area contributed by atoms with Crippen LogP contribution in [0, 0.1) is 0 Å². The molecule has 2 aromatic heterocycles. The smallest absolute Gasteiger partial charge is 0.194 e. The van der Waals surface area contributed by atoms with Gasteiger partial charge in [0.25, 0.3) is 0 Å². The fourth-order valence-electron chi connectivity index (χ4n) is 3.50. The Morgan fingerprint density at radius 3 is 2.62 bits per heavy atom. The second kappa shape index (κ2) is 9.66. The number of benzene rings is 1. The van der Waals surface area contributed by atoms with E-state index < -0.39 is 0 Å². The number of hydrogen-bond donors (Lipinski definition) is 2. The topological polar surface area (TPSA) is 68.4 Å². The fourth-order valence-corrected chi connectivity index (χ4v) is 3.85. The second-order valence-corrected chi connectivity index (χ2v) is 7.62. The number of halogens is 2. The molecule has 1 aliphatic rings. The second-order valence-electron chi connectivity index (χ2n) is 6.71. The van der Waals surface area contributed by atoms with E-state index in [0.717, 1.165) is 53.6 Å². The first-order valence-corrected chi connectivity index (χ1v) is 10.0. The summed E-state index contributed by atoms with van der Waals surface area (Å²) in [6.07, 6.45) is 4.02. The summed E-state index contributed by atoms with van der Waals surface area (Å²) >= 11 is 3.48. The first-order valence-electron chi connectivity index (χ1n) is 9.26. The van der Waals surface area contributed by atoms with E-state index in [2.05, 4.69) is 41.0 Å². The molecule has 3 aromatic rings. The third-order valence-electron chi connectivity index (χ3n) is 4.91. The summed E-state index contributed by atoms with van der Waals surface area (Å²) in [5.41, 5.74) is 2.78. The predicted octanol–water partition coefficient (Wildman–Crippen LogP) is 3.32. The maximum Gasteiger partial charge on any atom is 0.194 e. The van der Waals surface area contributed by atoms with Gasteiger partial charge in [-0.25, -0.2) is 4.98 Å². The number of phenolic OH excluding ortho intramolecular Hbond substituents is 1. The largest absolute Gasteiger partial charge is 0.506 e. The number of fused-ring (bicyclic) bond motifs is 1. The van der Waals surface area contributed by atoms with Crippen molar-refractivity contribution in [2.75, 3.05) is 38.1 Å². The molecule has 0 aliphatic carbocycles. The van der Waals surface area contributed by atoms with Gasteiger partial charge in [0.05, 0.1) is 17.9 Å². The zero-order chi connectivity index (χ0) is 19.5. The Hall–Kier alpha value is -2.01. The van der Waals surface area contributed by atoms with Crippen molar-refractivity contribution in [3.63, 3.8) is 0 Å². The van der Waals surface area contributed by atoms with Crippen molar-refractivity contribution in [1.29, 1.82) is 0 Å². The number of aromatic hydroxyl groups is 1. The Kier molecular flexibility index (Phi) is 7.23. The number of imidazole rings is 1. The average Bonchev–Trinajstić information content (AvgIpc) is 3.11. The molecule has 2 N–H and O–H groups in total. The first kappa shape index (κ1) is 21.7. The van der Waals surface area contributed by atoms with Gasteiger partial charge in [-0.05, 0) is 40.2 Å². The SMILES string of the molecule is CN=C(NCc1cn2cc(Br)ccc2n1)N1CCN(c2ccccc2O)CC1.I. The normalized spacial score (nSPS) is 14.8. The summed E-state index contributed by atoms with van der Waals surface area (Å²) in [6, 6.07) is 11.5.